The molecule has 3 heterocycles. The van der Waals surface area contributed by atoms with Crippen LogP contribution in [0.4, 0.5) is 20.2 Å². The zero-order valence-corrected chi connectivity index (χ0v) is 19.6. The highest BCUT2D eigenvalue weighted by atomic mass is 19.3. The Morgan fingerprint density at radius 1 is 1.16 bits per heavy atom. The number of rotatable bonds is 5. The van der Waals surface area contributed by atoms with E-state index >= 15 is 0 Å². The van der Waals surface area contributed by atoms with Crippen molar-refractivity contribution in [2.75, 3.05) is 16.8 Å². The fraction of sp³-hybridized carbons (Fsp3) is 0.192. The molecule has 1 saturated heterocycles. The van der Waals surface area contributed by atoms with Crippen molar-refractivity contribution < 1.29 is 18.4 Å². The van der Waals surface area contributed by atoms with Crippen LogP contribution in [0.1, 0.15) is 23.9 Å². The molecule has 37 heavy (non-hydrogen) atoms. The predicted octanol–water partition coefficient (Wildman–Crippen LogP) is 3.14. The van der Waals surface area contributed by atoms with Crippen molar-refractivity contribution in [3.8, 4) is 6.07 Å². The molecule has 2 unspecified atom stereocenters. The molecule has 3 aromatic rings. The van der Waals surface area contributed by atoms with Gasteiger partial charge in [0.2, 0.25) is 11.7 Å². The number of fused-ring (bicyclic) bond motifs is 1. The van der Waals surface area contributed by atoms with E-state index in [2.05, 4.69) is 20.7 Å². The average Bonchev–Trinajstić information content (AvgIpc) is 3.34. The number of carbonyl (C=O) groups excluding carboxylic acids is 2. The highest BCUT2D eigenvalue weighted by Gasteiger charge is 2.47. The summed E-state index contributed by atoms with van der Waals surface area (Å²) in [4.78, 5) is 35.7. The number of hydrazine groups is 1. The molecule has 2 atom stereocenters. The maximum Gasteiger partial charge on any atom is 0.331 e. The first-order valence-electron chi connectivity index (χ1n) is 11.4. The number of aromatic nitrogens is 2. The van der Waals surface area contributed by atoms with Gasteiger partial charge in [-0.05, 0) is 25.1 Å². The molecule has 0 spiro atoms. The molecule has 1 aromatic heterocycles. The molecule has 2 aliphatic rings. The molecule has 2 aromatic carbocycles. The van der Waals surface area contributed by atoms with Gasteiger partial charge in [0.15, 0.2) is 0 Å². The Morgan fingerprint density at radius 2 is 1.89 bits per heavy atom. The van der Waals surface area contributed by atoms with E-state index in [4.69, 9.17) is 5.26 Å². The van der Waals surface area contributed by atoms with Crippen LogP contribution in [0.2, 0.25) is 0 Å². The zero-order chi connectivity index (χ0) is 26.2. The first-order valence-corrected chi connectivity index (χ1v) is 11.4. The number of hydrogen-bond donors (Lipinski definition) is 2. The van der Waals surface area contributed by atoms with Crippen molar-refractivity contribution in [1.82, 2.24) is 20.4 Å². The molecule has 0 saturated carbocycles. The zero-order valence-electron chi connectivity index (χ0n) is 19.6. The molecule has 0 bridgehead atoms. The Balaban J connectivity index is 1.38. The van der Waals surface area contributed by atoms with Gasteiger partial charge in [-0.3, -0.25) is 14.5 Å². The SMILES string of the molecule is CC1=CN2NCC(C(=O)Nc3cccc(C#N)c3)C2C(=O)N1c1cnc(C(F)(F)c2ccccc2)nc1. The third kappa shape index (κ3) is 4.39. The molecule has 5 rings (SSSR count). The number of alkyl halides is 2. The lowest BCUT2D eigenvalue weighted by molar-refractivity contribution is -0.129. The van der Waals surface area contributed by atoms with Crippen LogP contribution in [-0.2, 0) is 15.5 Å². The van der Waals surface area contributed by atoms with Gasteiger partial charge >= 0.3 is 5.92 Å². The van der Waals surface area contributed by atoms with E-state index in [0.717, 1.165) is 0 Å². The van der Waals surface area contributed by atoms with Crippen LogP contribution < -0.4 is 15.6 Å². The number of anilines is 2. The van der Waals surface area contributed by atoms with Gasteiger partial charge in [-0.25, -0.2) is 15.4 Å². The summed E-state index contributed by atoms with van der Waals surface area (Å²) in [5.41, 5.74) is 4.35. The second-order valence-corrected chi connectivity index (χ2v) is 8.65. The van der Waals surface area contributed by atoms with Gasteiger partial charge in [-0.15, -0.1) is 0 Å². The summed E-state index contributed by atoms with van der Waals surface area (Å²) in [5, 5.41) is 13.4. The van der Waals surface area contributed by atoms with Crippen LogP contribution in [0.25, 0.3) is 0 Å². The second-order valence-electron chi connectivity index (χ2n) is 8.65. The van der Waals surface area contributed by atoms with E-state index in [1.165, 1.54) is 41.6 Å². The maximum absolute atomic E-state index is 14.9. The number of carbonyl (C=O) groups is 2. The Morgan fingerprint density at radius 3 is 2.59 bits per heavy atom. The number of benzene rings is 2. The summed E-state index contributed by atoms with van der Waals surface area (Å²) in [6, 6.07) is 14.8. The van der Waals surface area contributed by atoms with Gasteiger partial charge in [-0.2, -0.15) is 14.0 Å². The smallest absolute Gasteiger partial charge is 0.326 e. The van der Waals surface area contributed by atoms with Crippen LogP contribution in [0, 0.1) is 17.2 Å². The Labute approximate surface area is 211 Å². The van der Waals surface area contributed by atoms with Crippen LogP contribution in [0.15, 0.2) is 78.9 Å². The van der Waals surface area contributed by atoms with Gasteiger partial charge in [-0.1, -0.05) is 36.4 Å². The fourth-order valence-corrected chi connectivity index (χ4v) is 4.43. The molecule has 2 aliphatic heterocycles. The van der Waals surface area contributed by atoms with Crippen molar-refractivity contribution >= 4 is 23.2 Å². The van der Waals surface area contributed by atoms with E-state index in [1.807, 2.05) is 6.07 Å². The quantitative estimate of drug-likeness (QED) is 0.552. The fourth-order valence-electron chi connectivity index (χ4n) is 4.43. The maximum atomic E-state index is 14.9. The third-order valence-corrected chi connectivity index (χ3v) is 6.24. The Hall–Kier alpha value is -4.69. The summed E-state index contributed by atoms with van der Waals surface area (Å²) in [6.07, 6.45) is 4.02. The highest BCUT2D eigenvalue weighted by Crippen LogP contribution is 2.35. The molecule has 0 aliphatic carbocycles. The summed E-state index contributed by atoms with van der Waals surface area (Å²) < 4.78 is 29.7. The van der Waals surface area contributed by atoms with Crippen LogP contribution in [-0.4, -0.2) is 39.4 Å². The normalized spacial score (nSPS) is 19.2. The minimum Gasteiger partial charge on any atom is -0.326 e. The lowest BCUT2D eigenvalue weighted by atomic mass is 9.97. The summed E-state index contributed by atoms with van der Waals surface area (Å²) in [5.74, 6) is -5.68. The van der Waals surface area contributed by atoms with Crippen LogP contribution in [0.5, 0.6) is 0 Å². The second kappa shape index (κ2) is 9.40. The molecule has 2 amide bonds. The first kappa shape index (κ1) is 24.0. The van der Waals surface area contributed by atoms with Crippen molar-refractivity contribution in [2.45, 2.75) is 18.9 Å². The highest BCUT2D eigenvalue weighted by molar-refractivity contribution is 6.05. The average molecular weight is 501 g/mol. The topological polar surface area (TPSA) is 114 Å². The number of hydrogen-bond acceptors (Lipinski definition) is 7. The van der Waals surface area contributed by atoms with E-state index in [0.29, 0.717) is 16.9 Å². The molecule has 0 radical (unpaired) electrons. The van der Waals surface area contributed by atoms with E-state index in [1.54, 1.807) is 48.5 Å². The molecule has 186 valence electrons. The van der Waals surface area contributed by atoms with E-state index < -0.39 is 35.5 Å². The Kier molecular flexibility index (Phi) is 6.11. The molecule has 1 fully saturated rings. The van der Waals surface area contributed by atoms with Crippen molar-refractivity contribution in [3.05, 3.63) is 95.8 Å². The lowest BCUT2D eigenvalue weighted by Gasteiger charge is -2.36. The number of amides is 2. The molecular formula is C26H21F2N7O2. The first-order chi connectivity index (χ1) is 17.8. The van der Waals surface area contributed by atoms with Gasteiger partial charge in [0.05, 0.1) is 35.6 Å². The summed E-state index contributed by atoms with van der Waals surface area (Å²) in [6.45, 7) is 1.89. The largest absolute Gasteiger partial charge is 0.331 e. The molecule has 9 nitrogen and oxygen atoms in total. The van der Waals surface area contributed by atoms with Crippen molar-refractivity contribution in [1.29, 1.82) is 5.26 Å². The monoisotopic (exact) mass is 501 g/mol. The van der Waals surface area contributed by atoms with Crippen molar-refractivity contribution in [2.24, 2.45) is 5.92 Å². The van der Waals surface area contributed by atoms with Gasteiger partial charge < -0.3 is 10.3 Å². The summed E-state index contributed by atoms with van der Waals surface area (Å²) >= 11 is 0. The predicted molar refractivity (Wildman–Crippen MR) is 130 cm³/mol. The minimum absolute atomic E-state index is 0.205. The van der Waals surface area contributed by atoms with Gasteiger partial charge in [0, 0.05) is 29.7 Å². The minimum atomic E-state index is -3.41. The van der Waals surface area contributed by atoms with Crippen LogP contribution >= 0.6 is 0 Å². The summed E-state index contributed by atoms with van der Waals surface area (Å²) in [7, 11) is 0. The number of nitrogens with zero attached hydrogens (tertiary/aromatic N) is 5. The molecule has 2 N–H and O–H groups in total. The number of nitrogens with one attached hydrogen (secondary N) is 2. The van der Waals surface area contributed by atoms with Crippen molar-refractivity contribution in [3.63, 3.8) is 0 Å². The number of allylic oxidation sites excluding steroid dienone is 1. The van der Waals surface area contributed by atoms with Gasteiger partial charge in [0.25, 0.3) is 5.91 Å². The van der Waals surface area contributed by atoms with Gasteiger partial charge in [0.1, 0.15) is 6.04 Å². The molecular weight excluding hydrogens is 480 g/mol. The van der Waals surface area contributed by atoms with E-state index in [-0.39, 0.29) is 17.8 Å². The number of nitriles is 1. The standard InChI is InChI=1S/C26H21F2N7O2/c1-16-15-34-22(21(14-32-34)23(36)33-19-9-5-6-17(10-19)11-29)24(37)35(16)20-12-30-25(31-13-20)26(27,28)18-7-3-2-4-8-18/h2-10,12-13,15,21-22,32H,14H2,1H3,(H,33,36). The number of halogens is 2. The third-order valence-electron chi connectivity index (χ3n) is 6.24. The molecule has 11 heteroatoms. The lowest BCUT2D eigenvalue weighted by Crippen LogP contribution is -2.53. The Bertz CT molecular complexity index is 1420. The van der Waals surface area contributed by atoms with Crippen LogP contribution in [0.3, 0.4) is 0 Å². The van der Waals surface area contributed by atoms with E-state index in [9.17, 15) is 18.4 Å².